The third-order valence-electron chi connectivity index (χ3n) is 3.23. The van der Waals surface area contributed by atoms with Crippen molar-refractivity contribution in [2.45, 2.75) is 12.5 Å². The van der Waals surface area contributed by atoms with E-state index in [2.05, 4.69) is 15.3 Å². The maximum Gasteiger partial charge on any atom is 0.138 e. The van der Waals surface area contributed by atoms with Crippen molar-refractivity contribution in [1.29, 1.82) is 0 Å². The van der Waals surface area contributed by atoms with E-state index >= 15 is 0 Å². The molecule has 1 fully saturated rings. The molecule has 0 saturated carbocycles. The van der Waals surface area contributed by atoms with Crippen LogP contribution in [0, 0.1) is 0 Å². The summed E-state index contributed by atoms with van der Waals surface area (Å²) in [5.74, 6) is 0.829. The molecule has 0 amide bonds. The maximum atomic E-state index is 5.90. The number of hydrogen-bond acceptors (Lipinski definition) is 4. The highest BCUT2D eigenvalue weighted by atomic mass is 16.5. The van der Waals surface area contributed by atoms with Gasteiger partial charge in [-0.2, -0.15) is 0 Å². The van der Waals surface area contributed by atoms with Crippen molar-refractivity contribution < 1.29 is 4.74 Å². The molecular formula is C16H17N3O. The minimum atomic E-state index is 0.260. The lowest BCUT2D eigenvalue weighted by molar-refractivity contribution is 0.222. The molecular weight excluding hydrogens is 250 g/mol. The average Bonchev–Trinajstić information content (AvgIpc) is 3.00. The van der Waals surface area contributed by atoms with E-state index in [-0.39, 0.29) is 6.10 Å². The normalized spacial score (nSPS) is 18.5. The van der Waals surface area contributed by atoms with E-state index in [9.17, 15) is 0 Å². The number of nitrogens with one attached hydrogen (secondary N) is 1. The molecule has 1 aliphatic heterocycles. The number of pyridine rings is 2. The predicted molar refractivity (Wildman–Crippen MR) is 79.3 cm³/mol. The summed E-state index contributed by atoms with van der Waals surface area (Å²) in [7, 11) is 0. The Morgan fingerprint density at radius 3 is 2.75 bits per heavy atom. The summed E-state index contributed by atoms with van der Waals surface area (Å²) in [6.45, 7) is 1.94. The predicted octanol–water partition coefficient (Wildman–Crippen LogP) is 2.39. The Labute approximate surface area is 118 Å². The van der Waals surface area contributed by atoms with Crippen molar-refractivity contribution in [3.8, 4) is 5.75 Å². The molecule has 0 unspecified atom stereocenters. The van der Waals surface area contributed by atoms with E-state index in [0.29, 0.717) is 0 Å². The van der Waals surface area contributed by atoms with E-state index in [1.807, 2.05) is 36.5 Å². The van der Waals surface area contributed by atoms with E-state index in [0.717, 1.165) is 36.4 Å². The Kier molecular flexibility index (Phi) is 4.04. The van der Waals surface area contributed by atoms with Crippen molar-refractivity contribution >= 4 is 12.2 Å². The van der Waals surface area contributed by atoms with Gasteiger partial charge in [0.25, 0.3) is 0 Å². The van der Waals surface area contributed by atoms with Gasteiger partial charge in [0.1, 0.15) is 11.9 Å². The summed E-state index contributed by atoms with van der Waals surface area (Å²) in [5, 5.41) is 3.29. The van der Waals surface area contributed by atoms with Crippen LogP contribution in [0.4, 0.5) is 0 Å². The number of rotatable bonds is 4. The van der Waals surface area contributed by atoms with Crippen LogP contribution in [0.3, 0.4) is 0 Å². The SMILES string of the molecule is C(=Cc1cncc(O[C@@H]2CCNC2)c1)c1ccncc1. The van der Waals surface area contributed by atoms with Gasteiger partial charge in [0.2, 0.25) is 0 Å². The zero-order valence-electron chi connectivity index (χ0n) is 11.2. The van der Waals surface area contributed by atoms with E-state index in [4.69, 9.17) is 4.74 Å². The van der Waals surface area contributed by atoms with Gasteiger partial charge in [-0.1, -0.05) is 12.2 Å². The first kappa shape index (κ1) is 12.8. The quantitative estimate of drug-likeness (QED) is 0.924. The van der Waals surface area contributed by atoms with E-state index in [1.54, 1.807) is 18.6 Å². The Morgan fingerprint density at radius 2 is 1.95 bits per heavy atom. The third-order valence-corrected chi connectivity index (χ3v) is 3.23. The lowest BCUT2D eigenvalue weighted by Gasteiger charge is -2.12. The number of hydrogen-bond donors (Lipinski definition) is 1. The van der Waals surface area contributed by atoms with Crippen LogP contribution < -0.4 is 10.1 Å². The second-order valence-electron chi connectivity index (χ2n) is 4.80. The van der Waals surface area contributed by atoms with Gasteiger partial charge in [-0.3, -0.25) is 9.97 Å². The molecule has 4 heteroatoms. The second-order valence-corrected chi connectivity index (χ2v) is 4.80. The lowest BCUT2D eigenvalue weighted by atomic mass is 10.2. The largest absolute Gasteiger partial charge is 0.487 e. The molecule has 102 valence electrons. The van der Waals surface area contributed by atoms with Crippen molar-refractivity contribution in [1.82, 2.24) is 15.3 Å². The van der Waals surface area contributed by atoms with Crippen LogP contribution in [-0.2, 0) is 0 Å². The first-order chi connectivity index (χ1) is 9.90. The second kappa shape index (κ2) is 6.30. The number of nitrogens with zero attached hydrogens (tertiary/aromatic N) is 2. The maximum absolute atomic E-state index is 5.90. The van der Waals surface area contributed by atoms with Crippen LogP contribution in [0.15, 0.2) is 43.0 Å². The number of ether oxygens (including phenoxy) is 1. The van der Waals surface area contributed by atoms with Crippen LogP contribution >= 0.6 is 0 Å². The molecule has 0 aliphatic carbocycles. The highest BCUT2D eigenvalue weighted by Crippen LogP contribution is 2.17. The van der Waals surface area contributed by atoms with Crippen LogP contribution in [0.5, 0.6) is 5.75 Å². The van der Waals surface area contributed by atoms with Gasteiger partial charge in [0, 0.05) is 25.1 Å². The topological polar surface area (TPSA) is 47.0 Å². The summed E-state index contributed by atoms with van der Waals surface area (Å²) < 4.78 is 5.90. The summed E-state index contributed by atoms with van der Waals surface area (Å²) in [4.78, 5) is 8.23. The van der Waals surface area contributed by atoms with E-state index in [1.165, 1.54) is 0 Å². The molecule has 3 rings (SSSR count). The molecule has 0 radical (unpaired) electrons. The van der Waals surface area contributed by atoms with Crippen LogP contribution in [0.2, 0.25) is 0 Å². The van der Waals surface area contributed by atoms with Crippen LogP contribution in [0.25, 0.3) is 12.2 Å². The Bertz CT molecular complexity index is 577. The summed E-state index contributed by atoms with van der Waals surface area (Å²) in [6.07, 6.45) is 12.5. The zero-order valence-corrected chi connectivity index (χ0v) is 11.2. The van der Waals surface area contributed by atoms with Gasteiger partial charge in [-0.25, -0.2) is 0 Å². The van der Waals surface area contributed by atoms with Crippen LogP contribution in [0.1, 0.15) is 17.5 Å². The summed E-state index contributed by atoms with van der Waals surface area (Å²) in [5.41, 5.74) is 2.15. The zero-order chi connectivity index (χ0) is 13.6. The first-order valence-electron chi connectivity index (χ1n) is 6.81. The fourth-order valence-electron chi connectivity index (χ4n) is 2.18. The summed E-state index contributed by atoms with van der Waals surface area (Å²) >= 11 is 0. The molecule has 0 spiro atoms. The molecule has 1 atom stereocenters. The molecule has 1 N–H and O–H groups in total. The minimum absolute atomic E-state index is 0.260. The lowest BCUT2D eigenvalue weighted by Crippen LogP contribution is -2.19. The Balaban J connectivity index is 1.69. The monoisotopic (exact) mass is 267 g/mol. The highest BCUT2D eigenvalue weighted by molar-refractivity contribution is 5.69. The Morgan fingerprint density at radius 1 is 1.10 bits per heavy atom. The van der Waals surface area contributed by atoms with Gasteiger partial charge in [0.15, 0.2) is 0 Å². The molecule has 1 aliphatic rings. The Hall–Kier alpha value is -2.20. The molecule has 0 aromatic carbocycles. The van der Waals surface area contributed by atoms with Crippen molar-refractivity contribution in [3.05, 3.63) is 54.1 Å². The fraction of sp³-hybridized carbons (Fsp3) is 0.250. The van der Waals surface area contributed by atoms with Gasteiger partial charge in [0.05, 0.1) is 6.20 Å². The van der Waals surface area contributed by atoms with Gasteiger partial charge >= 0.3 is 0 Å². The van der Waals surface area contributed by atoms with Gasteiger partial charge < -0.3 is 10.1 Å². The molecule has 0 bridgehead atoms. The molecule has 1 saturated heterocycles. The third kappa shape index (κ3) is 3.42. The van der Waals surface area contributed by atoms with Crippen molar-refractivity contribution in [2.24, 2.45) is 0 Å². The average molecular weight is 267 g/mol. The highest BCUT2D eigenvalue weighted by Gasteiger charge is 2.15. The van der Waals surface area contributed by atoms with Gasteiger partial charge in [-0.15, -0.1) is 0 Å². The standard InChI is InChI=1S/C16H17N3O/c1(13-3-6-17-7-4-13)2-14-9-16(12-19-10-14)20-15-5-8-18-11-15/h1-4,6-7,9-10,12,15,18H,5,8,11H2/t15-/m1/s1. The minimum Gasteiger partial charge on any atom is -0.487 e. The fourth-order valence-corrected chi connectivity index (χ4v) is 2.18. The van der Waals surface area contributed by atoms with Crippen molar-refractivity contribution in [3.63, 3.8) is 0 Å². The van der Waals surface area contributed by atoms with E-state index < -0.39 is 0 Å². The molecule has 2 aromatic heterocycles. The van der Waals surface area contributed by atoms with Gasteiger partial charge in [-0.05, 0) is 42.3 Å². The number of aromatic nitrogens is 2. The smallest absolute Gasteiger partial charge is 0.138 e. The molecule has 4 nitrogen and oxygen atoms in total. The molecule has 3 heterocycles. The first-order valence-corrected chi connectivity index (χ1v) is 6.81. The molecule has 2 aromatic rings. The van der Waals surface area contributed by atoms with Crippen molar-refractivity contribution in [2.75, 3.05) is 13.1 Å². The summed E-state index contributed by atoms with van der Waals surface area (Å²) in [6, 6.07) is 5.95. The molecule has 20 heavy (non-hydrogen) atoms. The van der Waals surface area contributed by atoms with Crippen LogP contribution in [-0.4, -0.2) is 29.2 Å².